The maximum atomic E-state index is 4.20. The molecule has 2 saturated carbocycles. The van der Waals surface area contributed by atoms with Gasteiger partial charge in [-0.05, 0) is 52.0 Å². The first-order valence-electron chi connectivity index (χ1n) is 10.5. The second kappa shape index (κ2) is 9.42. The Morgan fingerprint density at radius 1 is 1.04 bits per heavy atom. The summed E-state index contributed by atoms with van der Waals surface area (Å²) in [6.07, 6.45) is 8.15. The standard InChI is InChI=1S/C22H40N2S.U/c1-15(2)18-11-12-20(17(4)13-18)25-24-21-16(3)9-8-10-19(21)23(7)14-22(24,5)6;/h15-21H,1-2,8-14H2,3-7H3;/q-2;+2. The van der Waals surface area contributed by atoms with E-state index in [1.165, 1.54) is 45.1 Å². The van der Waals surface area contributed by atoms with Crippen LogP contribution in [-0.4, -0.2) is 45.7 Å². The molecule has 1 aliphatic heterocycles. The van der Waals surface area contributed by atoms with Crippen molar-refractivity contribution in [1.29, 1.82) is 0 Å². The van der Waals surface area contributed by atoms with Crippen LogP contribution >= 0.6 is 11.9 Å². The van der Waals surface area contributed by atoms with Crippen molar-refractivity contribution in [2.45, 2.75) is 89.1 Å². The van der Waals surface area contributed by atoms with Crippen LogP contribution in [0.3, 0.4) is 0 Å². The van der Waals surface area contributed by atoms with Crippen molar-refractivity contribution >= 4 is 11.9 Å². The Balaban J connectivity index is 0.00000243. The zero-order valence-corrected chi connectivity index (χ0v) is 22.7. The molecule has 0 aromatic rings. The van der Waals surface area contributed by atoms with Crippen LogP contribution in [0, 0.1) is 68.6 Å². The van der Waals surface area contributed by atoms with E-state index in [4.69, 9.17) is 0 Å². The fourth-order valence-electron chi connectivity index (χ4n) is 5.79. The summed E-state index contributed by atoms with van der Waals surface area (Å²) >= 11 is 2.23. The molecule has 2 nitrogen and oxygen atoms in total. The maximum absolute atomic E-state index is 4.20. The van der Waals surface area contributed by atoms with Crippen molar-refractivity contribution in [3.05, 3.63) is 13.8 Å². The summed E-state index contributed by atoms with van der Waals surface area (Å²) in [6.45, 7) is 19.5. The molecule has 0 bridgehead atoms. The average Bonchev–Trinajstić information content (AvgIpc) is 2.52. The minimum absolute atomic E-state index is 0. The van der Waals surface area contributed by atoms with Crippen LogP contribution < -0.4 is 0 Å². The molecule has 0 aromatic carbocycles. The van der Waals surface area contributed by atoms with Gasteiger partial charge in [-0.25, -0.2) is 4.31 Å². The van der Waals surface area contributed by atoms with E-state index in [0.29, 0.717) is 12.0 Å². The molecule has 3 aliphatic rings. The first-order chi connectivity index (χ1) is 11.7. The van der Waals surface area contributed by atoms with Gasteiger partial charge >= 0.3 is 31.1 Å². The Morgan fingerprint density at radius 3 is 2.35 bits per heavy atom. The molecule has 4 heteroatoms. The van der Waals surface area contributed by atoms with E-state index in [0.717, 1.165) is 29.0 Å². The van der Waals surface area contributed by atoms with E-state index >= 15 is 0 Å². The Morgan fingerprint density at radius 2 is 1.73 bits per heavy atom. The zero-order valence-electron chi connectivity index (χ0n) is 17.7. The van der Waals surface area contributed by atoms with Crippen molar-refractivity contribution in [2.24, 2.45) is 23.7 Å². The summed E-state index contributed by atoms with van der Waals surface area (Å²) in [7, 11) is 2.36. The van der Waals surface area contributed by atoms with Crippen molar-refractivity contribution in [2.75, 3.05) is 13.6 Å². The largest absolute Gasteiger partial charge is 2.00 e. The summed E-state index contributed by atoms with van der Waals surface area (Å²) in [5, 5.41) is 0.771. The van der Waals surface area contributed by atoms with E-state index in [9.17, 15) is 0 Å². The number of hydrogen-bond donors (Lipinski definition) is 0. The summed E-state index contributed by atoms with van der Waals surface area (Å²) in [5.41, 5.74) is 0.254. The van der Waals surface area contributed by atoms with E-state index in [2.05, 4.69) is 69.7 Å². The molecule has 148 valence electrons. The van der Waals surface area contributed by atoms with Crippen LogP contribution in [0.4, 0.5) is 0 Å². The molecule has 26 heavy (non-hydrogen) atoms. The maximum Gasteiger partial charge on any atom is 2.00 e. The molecule has 0 N–H and O–H groups in total. The van der Waals surface area contributed by atoms with Crippen LogP contribution in [0.25, 0.3) is 0 Å². The summed E-state index contributed by atoms with van der Waals surface area (Å²) in [6, 6.07) is 1.46. The van der Waals surface area contributed by atoms with Gasteiger partial charge in [0.2, 0.25) is 0 Å². The van der Waals surface area contributed by atoms with E-state index in [1.54, 1.807) is 0 Å². The summed E-state index contributed by atoms with van der Waals surface area (Å²) < 4.78 is 2.87. The predicted octanol–water partition coefficient (Wildman–Crippen LogP) is 5.31. The number of hydrogen-bond acceptors (Lipinski definition) is 3. The molecular weight excluding hydrogens is 562 g/mol. The van der Waals surface area contributed by atoms with Gasteiger partial charge in [-0.1, -0.05) is 51.0 Å². The average molecular weight is 603 g/mol. The summed E-state index contributed by atoms with van der Waals surface area (Å²) in [5.74, 6) is 2.68. The quantitative estimate of drug-likeness (QED) is 0.320. The van der Waals surface area contributed by atoms with Crippen LogP contribution in [0.1, 0.15) is 66.2 Å². The third-order valence-corrected chi connectivity index (χ3v) is 9.19. The number of likely N-dealkylation sites (N-methyl/N-ethyl adjacent to an activating group) is 1. The molecule has 1 heterocycles. The topological polar surface area (TPSA) is 6.48 Å². The Kier molecular flexibility index (Phi) is 8.55. The fourth-order valence-corrected chi connectivity index (χ4v) is 7.48. The van der Waals surface area contributed by atoms with Gasteiger partial charge in [0, 0.05) is 29.4 Å². The molecule has 2 aliphatic carbocycles. The van der Waals surface area contributed by atoms with E-state index in [1.807, 2.05) is 0 Å². The van der Waals surface area contributed by atoms with Gasteiger partial charge in [0.25, 0.3) is 0 Å². The second-order valence-electron chi connectivity index (χ2n) is 9.97. The Labute approximate surface area is 191 Å². The third-order valence-electron chi connectivity index (χ3n) is 7.25. The second-order valence-corrected chi connectivity index (χ2v) is 11.2. The third kappa shape index (κ3) is 4.89. The minimum Gasteiger partial charge on any atom is -0.369 e. The van der Waals surface area contributed by atoms with Crippen molar-refractivity contribution in [3.63, 3.8) is 0 Å². The first-order valence-corrected chi connectivity index (χ1v) is 11.4. The number of rotatable bonds is 3. The molecule has 6 atom stereocenters. The smallest absolute Gasteiger partial charge is 0.369 e. The SMILES string of the molecule is [CH2-]C([CH2-])C1CCC(SN2C3C(C)CCCC3N(C)CC2(C)C)C(C)C1.[U+2]. The van der Waals surface area contributed by atoms with Crippen molar-refractivity contribution in [3.8, 4) is 0 Å². The zero-order chi connectivity index (χ0) is 18.4. The van der Waals surface area contributed by atoms with Gasteiger partial charge < -0.3 is 19.8 Å². The normalized spacial score (nSPS) is 41.5. The van der Waals surface area contributed by atoms with Crippen LogP contribution in [-0.2, 0) is 0 Å². The van der Waals surface area contributed by atoms with Gasteiger partial charge in [-0.15, -0.1) is 0 Å². The van der Waals surface area contributed by atoms with Crippen LogP contribution in [0.2, 0.25) is 0 Å². The van der Waals surface area contributed by atoms with Gasteiger partial charge in [0.05, 0.1) is 0 Å². The number of fused-ring (bicyclic) bond motifs is 1. The molecule has 0 aromatic heterocycles. The molecule has 3 rings (SSSR count). The van der Waals surface area contributed by atoms with Crippen LogP contribution in [0.5, 0.6) is 0 Å². The number of piperazine rings is 1. The van der Waals surface area contributed by atoms with Crippen molar-refractivity contribution < 1.29 is 31.1 Å². The molecular formula is C22H40N2SU. The minimum atomic E-state index is 0. The number of nitrogens with zero attached hydrogens (tertiary/aromatic N) is 2. The molecule has 1 saturated heterocycles. The fraction of sp³-hybridized carbons (Fsp3) is 0.909. The molecule has 6 unspecified atom stereocenters. The molecule has 3 fully saturated rings. The molecule has 0 spiro atoms. The Hall–Kier alpha value is 1.32. The Bertz CT molecular complexity index is 455. The van der Waals surface area contributed by atoms with Crippen LogP contribution in [0.15, 0.2) is 0 Å². The van der Waals surface area contributed by atoms with Gasteiger partial charge in [-0.2, -0.15) is 0 Å². The van der Waals surface area contributed by atoms with E-state index in [-0.39, 0.29) is 36.7 Å². The van der Waals surface area contributed by atoms with Crippen molar-refractivity contribution in [1.82, 2.24) is 9.21 Å². The first kappa shape index (κ1) is 23.6. The monoisotopic (exact) mass is 602 g/mol. The van der Waals surface area contributed by atoms with E-state index < -0.39 is 0 Å². The van der Waals surface area contributed by atoms with Gasteiger partial charge in [0.15, 0.2) is 0 Å². The predicted molar refractivity (Wildman–Crippen MR) is 111 cm³/mol. The van der Waals surface area contributed by atoms with Gasteiger partial charge in [-0.3, -0.25) is 4.90 Å². The summed E-state index contributed by atoms with van der Waals surface area (Å²) in [4.78, 5) is 2.66. The molecule has 0 amide bonds. The molecule has 0 radical (unpaired) electrons. The van der Waals surface area contributed by atoms with Gasteiger partial charge in [0.1, 0.15) is 0 Å².